The summed E-state index contributed by atoms with van der Waals surface area (Å²) in [5.41, 5.74) is 4.71. The molecule has 3 heterocycles. The smallest absolute Gasteiger partial charge is 0.188 e. The Balaban J connectivity index is 1.53. The average molecular weight is 484 g/mol. The van der Waals surface area contributed by atoms with Gasteiger partial charge in [0.15, 0.2) is 7.14 Å². The van der Waals surface area contributed by atoms with Crippen LogP contribution in [0, 0.1) is 0 Å². The van der Waals surface area contributed by atoms with E-state index in [0.717, 1.165) is 49.0 Å². The molecule has 5 heteroatoms. The maximum atomic E-state index is 15.2. The molecule has 7 rings (SSSR count). The Morgan fingerprint density at radius 1 is 0.639 bits per heavy atom. The number of nitrogens with one attached hydrogen (secondary N) is 1. The van der Waals surface area contributed by atoms with Crippen molar-refractivity contribution in [2.45, 2.75) is 0 Å². The summed E-state index contributed by atoms with van der Waals surface area (Å²) in [6.07, 6.45) is 3.76. The van der Waals surface area contributed by atoms with Crippen molar-refractivity contribution in [2.24, 2.45) is 0 Å². The summed E-state index contributed by atoms with van der Waals surface area (Å²) in [5.74, 6) is 0. The molecule has 0 aliphatic rings. The zero-order valence-corrected chi connectivity index (χ0v) is 20.3. The first-order valence-electron chi connectivity index (χ1n) is 11.9. The summed E-state index contributed by atoms with van der Waals surface area (Å²) in [7, 11) is -3.24. The molecule has 0 fully saturated rings. The minimum Gasteiger partial charge on any atom is -0.365 e. The second-order valence-corrected chi connectivity index (χ2v) is 11.6. The quantitative estimate of drug-likeness (QED) is 0.299. The predicted octanol–water partition coefficient (Wildman–Crippen LogP) is 6.30. The zero-order chi connectivity index (χ0) is 24.1. The fourth-order valence-electron chi connectivity index (χ4n) is 5.16. The van der Waals surface area contributed by atoms with Crippen LogP contribution in [0.2, 0.25) is 0 Å². The lowest BCUT2D eigenvalue weighted by Gasteiger charge is -2.19. The summed E-state index contributed by atoms with van der Waals surface area (Å²) < 4.78 is 17.4. The molecule has 4 nitrogen and oxygen atoms in total. The van der Waals surface area contributed by atoms with Gasteiger partial charge in [0.25, 0.3) is 0 Å². The van der Waals surface area contributed by atoms with Gasteiger partial charge in [-0.2, -0.15) is 0 Å². The van der Waals surface area contributed by atoms with Crippen molar-refractivity contribution in [3.8, 4) is 5.69 Å². The van der Waals surface area contributed by atoms with Crippen LogP contribution in [0.4, 0.5) is 0 Å². The number of para-hydroxylation sites is 2. The lowest BCUT2D eigenvalue weighted by Crippen LogP contribution is -2.27. The molecule has 1 atom stereocenters. The molecule has 1 N–H and O–H groups in total. The number of fused-ring (bicyclic) bond motifs is 4. The molecule has 3 aromatic heterocycles. The molecule has 4 aromatic carbocycles. The molecular formula is C31H22N3OP. The molecule has 172 valence electrons. The molecule has 7 aromatic rings. The predicted molar refractivity (Wildman–Crippen MR) is 150 cm³/mol. The van der Waals surface area contributed by atoms with Gasteiger partial charge in [0.2, 0.25) is 0 Å². The SMILES string of the molecule is O=P(c1ccccc1)(c1ccc2c(c1)c1ccccc1n2-c1ccccc1)c1ccc2c[nH]cc2n1. The van der Waals surface area contributed by atoms with Crippen molar-refractivity contribution < 1.29 is 4.57 Å². The number of nitrogens with zero attached hydrogens (tertiary/aromatic N) is 2. The number of pyridine rings is 1. The highest BCUT2D eigenvalue weighted by atomic mass is 31.2. The molecule has 0 amide bonds. The fraction of sp³-hybridized carbons (Fsp3) is 0. The van der Waals surface area contributed by atoms with Gasteiger partial charge in [-0.15, -0.1) is 0 Å². The molecule has 0 saturated heterocycles. The number of benzene rings is 4. The van der Waals surface area contributed by atoms with Crippen molar-refractivity contribution in [3.05, 3.63) is 128 Å². The lowest BCUT2D eigenvalue weighted by molar-refractivity contribution is 0.592. The Hall–Kier alpha value is -4.40. The van der Waals surface area contributed by atoms with Crippen LogP contribution in [0.15, 0.2) is 128 Å². The van der Waals surface area contributed by atoms with E-state index in [9.17, 15) is 0 Å². The number of H-pyrrole nitrogens is 1. The third-order valence-electron chi connectivity index (χ3n) is 6.88. The highest BCUT2D eigenvalue weighted by Crippen LogP contribution is 2.43. The van der Waals surface area contributed by atoms with Crippen molar-refractivity contribution in [1.29, 1.82) is 0 Å². The van der Waals surface area contributed by atoms with Crippen molar-refractivity contribution in [2.75, 3.05) is 0 Å². The van der Waals surface area contributed by atoms with E-state index in [1.807, 2.05) is 67.0 Å². The van der Waals surface area contributed by atoms with Gasteiger partial charge in [-0.1, -0.05) is 66.7 Å². The summed E-state index contributed by atoms with van der Waals surface area (Å²) in [6, 6.07) is 38.6. The lowest BCUT2D eigenvalue weighted by atomic mass is 10.1. The van der Waals surface area contributed by atoms with Gasteiger partial charge < -0.3 is 14.1 Å². The minimum atomic E-state index is -3.24. The first-order valence-corrected chi connectivity index (χ1v) is 13.6. The zero-order valence-electron chi connectivity index (χ0n) is 19.4. The van der Waals surface area contributed by atoms with Crippen LogP contribution in [0.3, 0.4) is 0 Å². The molecule has 0 aliphatic carbocycles. The monoisotopic (exact) mass is 483 g/mol. The standard InChI is InChI=1S/C31H22N3OP/c35-36(24-11-5-2-6-12-24,31-18-15-22-20-32-21-28(22)33-31)25-16-17-30-27(19-25)26-13-7-8-14-29(26)34(30)23-9-3-1-4-10-23/h1-21,32H. The van der Waals surface area contributed by atoms with E-state index in [0.29, 0.717) is 5.44 Å². The van der Waals surface area contributed by atoms with E-state index in [2.05, 4.69) is 70.2 Å². The van der Waals surface area contributed by atoms with Crippen molar-refractivity contribution in [3.63, 3.8) is 0 Å². The average Bonchev–Trinajstić information content (AvgIpc) is 3.55. The Bertz CT molecular complexity index is 1920. The molecule has 0 saturated carbocycles. The maximum Gasteiger partial charge on any atom is 0.188 e. The Morgan fingerprint density at radius 3 is 2.19 bits per heavy atom. The van der Waals surface area contributed by atoms with Crippen LogP contribution in [-0.4, -0.2) is 14.5 Å². The van der Waals surface area contributed by atoms with Gasteiger partial charge in [0.05, 0.1) is 16.6 Å². The van der Waals surface area contributed by atoms with E-state index in [4.69, 9.17) is 4.98 Å². The topological polar surface area (TPSA) is 50.7 Å². The van der Waals surface area contributed by atoms with Crippen LogP contribution in [0.1, 0.15) is 0 Å². The normalized spacial score (nSPS) is 13.3. The second-order valence-electron chi connectivity index (χ2n) is 8.93. The first kappa shape index (κ1) is 20.9. The maximum absolute atomic E-state index is 15.2. The molecule has 0 bridgehead atoms. The van der Waals surface area contributed by atoms with Crippen molar-refractivity contribution in [1.82, 2.24) is 14.5 Å². The molecule has 1 unspecified atom stereocenters. The van der Waals surface area contributed by atoms with E-state index in [1.54, 1.807) is 0 Å². The largest absolute Gasteiger partial charge is 0.365 e. The van der Waals surface area contributed by atoms with E-state index >= 15 is 4.57 Å². The Morgan fingerprint density at radius 2 is 1.36 bits per heavy atom. The Labute approximate surface area is 208 Å². The minimum absolute atomic E-state index is 0.590. The third kappa shape index (κ3) is 3.08. The summed E-state index contributed by atoms with van der Waals surface area (Å²) in [5, 5.41) is 4.76. The molecule has 0 aliphatic heterocycles. The highest BCUT2D eigenvalue weighted by molar-refractivity contribution is 7.85. The Kier molecular flexibility index (Phi) is 4.70. The molecule has 36 heavy (non-hydrogen) atoms. The number of hydrogen-bond donors (Lipinski definition) is 1. The first-order chi connectivity index (χ1) is 17.7. The number of hydrogen-bond acceptors (Lipinski definition) is 2. The summed E-state index contributed by atoms with van der Waals surface area (Å²) in [4.78, 5) is 7.96. The molecule has 0 spiro atoms. The van der Waals surface area contributed by atoms with Crippen molar-refractivity contribution >= 4 is 55.9 Å². The van der Waals surface area contributed by atoms with Crippen LogP contribution in [-0.2, 0) is 4.57 Å². The van der Waals surface area contributed by atoms with Gasteiger partial charge in [-0.25, -0.2) is 4.98 Å². The fourth-order valence-corrected chi connectivity index (χ4v) is 7.71. The summed E-state index contributed by atoms with van der Waals surface area (Å²) >= 11 is 0. The number of aromatic amines is 1. The highest BCUT2D eigenvalue weighted by Gasteiger charge is 2.32. The number of rotatable bonds is 4. The molecular weight excluding hydrogens is 461 g/mol. The number of aromatic nitrogens is 3. The second kappa shape index (κ2) is 8.08. The molecule has 0 radical (unpaired) electrons. The van der Waals surface area contributed by atoms with Gasteiger partial charge >= 0.3 is 0 Å². The van der Waals surface area contributed by atoms with Crippen LogP contribution >= 0.6 is 7.14 Å². The van der Waals surface area contributed by atoms with Crippen LogP contribution in [0.5, 0.6) is 0 Å². The third-order valence-corrected chi connectivity index (χ3v) is 9.80. The van der Waals surface area contributed by atoms with E-state index in [1.165, 1.54) is 0 Å². The van der Waals surface area contributed by atoms with Gasteiger partial charge in [-0.3, -0.25) is 0 Å². The van der Waals surface area contributed by atoms with E-state index < -0.39 is 7.14 Å². The van der Waals surface area contributed by atoms with Crippen LogP contribution in [0.25, 0.3) is 38.4 Å². The summed E-state index contributed by atoms with van der Waals surface area (Å²) in [6.45, 7) is 0. The van der Waals surface area contributed by atoms with Gasteiger partial charge in [-0.05, 0) is 48.5 Å². The van der Waals surface area contributed by atoms with Gasteiger partial charge in [0.1, 0.15) is 5.44 Å². The van der Waals surface area contributed by atoms with Gasteiger partial charge in [0, 0.05) is 44.8 Å². The van der Waals surface area contributed by atoms with E-state index in [-0.39, 0.29) is 0 Å². The van der Waals surface area contributed by atoms with Crippen LogP contribution < -0.4 is 16.0 Å².